The number of benzene rings is 1. The number of likely N-dealkylation sites (tertiary alicyclic amines) is 1. The van der Waals surface area contributed by atoms with Crippen molar-refractivity contribution < 1.29 is 4.39 Å². The Morgan fingerprint density at radius 3 is 2.79 bits per heavy atom. The Morgan fingerprint density at radius 1 is 1.24 bits per heavy atom. The van der Waals surface area contributed by atoms with Gasteiger partial charge in [-0.3, -0.25) is 9.29 Å². The molecule has 1 saturated heterocycles. The van der Waals surface area contributed by atoms with E-state index in [4.69, 9.17) is 4.98 Å². The van der Waals surface area contributed by atoms with Gasteiger partial charge in [-0.15, -0.1) is 0 Å². The van der Waals surface area contributed by atoms with Crippen LogP contribution in [0.15, 0.2) is 54.9 Å². The van der Waals surface area contributed by atoms with Crippen molar-refractivity contribution >= 4 is 16.7 Å². The van der Waals surface area contributed by atoms with Crippen molar-refractivity contribution in [1.29, 1.82) is 0 Å². The summed E-state index contributed by atoms with van der Waals surface area (Å²) in [6, 6.07) is 13.7. The molecule has 2 aliphatic heterocycles. The summed E-state index contributed by atoms with van der Waals surface area (Å²) in [5.74, 6) is 0.899. The van der Waals surface area contributed by atoms with E-state index in [1.807, 2.05) is 6.20 Å². The maximum absolute atomic E-state index is 12.4. The molecule has 0 saturated carbocycles. The van der Waals surface area contributed by atoms with Crippen molar-refractivity contribution in [2.24, 2.45) is 0 Å². The molecule has 2 aromatic heterocycles. The van der Waals surface area contributed by atoms with Crippen LogP contribution in [0.4, 0.5) is 10.2 Å². The summed E-state index contributed by atoms with van der Waals surface area (Å²) in [7, 11) is 0. The summed E-state index contributed by atoms with van der Waals surface area (Å²) in [6.07, 6.45) is 4.55. The van der Waals surface area contributed by atoms with E-state index in [1.54, 1.807) is 0 Å². The van der Waals surface area contributed by atoms with Gasteiger partial charge in [0.25, 0.3) is 0 Å². The zero-order valence-electron chi connectivity index (χ0n) is 19.6. The summed E-state index contributed by atoms with van der Waals surface area (Å²) in [5.41, 5.74) is 6.19. The number of aromatic nitrogens is 2. The number of H-pyrrole nitrogens is 1. The van der Waals surface area contributed by atoms with Gasteiger partial charge in [0.2, 0.25) is 0 Å². The van der Waals surface area contributed by atoms with E-state index in [9.17, 15) is 4.39 Å². The van der Waals surface area contributed by atoms with Crippen molar-refractivity contribution in [2.45, 2.75) is 51.2 Å². The molecule has 0 aliphatic carbocycles. The summed E-state index contributed by atoms with van der Waals surface area (Å²) in [6.45, 7) is 11.4. The maximum atomic E-state index is 12.4. The monoisotopic (exact) mass is 447 g/mol. The number of hydrogen-bond acceptors (Lipinski definition) is 4. The molecule has 1 aromatic carbocycles. The molecule has 5 rings (SSSR count). The number of aromatic amines is 1. The van der Waals surface area contributed by atoms with Crippen molar-refractivity contribution in [3.05, 3.63) is 71.7 Å². The summed E-state index contributed by atoms with van der Waals surface area (Å²) < 4.78 is 12.4. The van der Waals surface area contributed by atoms with Crippen molar-refractivity contribution in [3.63, 3.8) is 0 Å². The normalized spacial score (nSPS) is 21.1. The van der Waals surface area contributed by atoms with Gasteiger partial charge in [0.05, 0.1) is 18.8 Å². The molecule has 33 heavy (non-hydrogen) atoms. The van der Waals surface area contributed by atoms with Gasteiger partial charge in [0, 0.05) is 54.2 Å². The number of para-hydroxylation sites is 1. The van der Waals surface area contributed by atoms with E-state index in [0.29, 0.717) is 18.5 Å². The Labute approximate surface area is 195 Å². The third-order valence-corrected chi connectivity index (χ3v) is 7.17. The molecule has 0 bridgehead atoms. The van der Waals surface area contributed by atoms with Crippen LogP contribution in [0.2, 0.25) is 0 Å². The first kappa shape index (κ1) is 22.0. The first-order valence-electron chi connectivity index (χ1n) is 12.2. The maximum Gasteiger partial charge on any atom is 0.126 e. The average Bonchev–Trinajstić information content (AvgIpc) is 3.17. The Balaban J connectivity index is 1.41. The average molecular weight is 448 g/mol. The van der Waals surface area contributed by atoms with E-state index < -0.39 is 0 Å². The van der Waals surface area contributed by atoms with Crippen molar-refractivity contribution in [1.82, 2.24) is 19.8 Å². The van der Waals surface area contributed by atoms with Gasteiger partial charge < -0.3 is 15.2 Å². The van der Waals surface area contributed by atoms with Gasteiger partial charge in [-0.2, -0.15) is 0 Å². The SMILES string of the molecule is C=C(CC)N1[C@H](c2ccc(NC3CN(CCCF)C3)nc2)c2[nH]c3ccccc3c2C[C@H]1C. The second-order valence-electron chi connectivity index (χ2n) is 9.47. The predicted molar refractivity (Wildman–Crippen MR) is 133 cm³/mol. The smallest absolute Gasteiger partial charge is 0.126 e. The number of nitrogens with zero attached hydrogens (tertiary/aromatic N) is 3. The molecule has 174 valence electrons. The predicted octanol–water partition coefficient (Wildman–Crippen LogP) is 5.28. The van der Waals surface area contributed by atoms with E-state index in [0.717, 1.165) is 44.0 Å². The second kappa shape index (κ2) is 9.18. The summed E-state index contributed by atoms with van der Waals surface area (Å²) >= 11 is 0. The van der Waals surface area contributed by atoms with E-state index >= 15 is 0 Å². The minimum Gasteiger partial charge on any atom is -0.365 e. The molecule has 2 aliphatic rings. The highest BCUT2D eigenvalue weighted by atomic mass is 19.1. The highest BCUT2D eigenvalue weighted by molar-refractivity contribution is 5.85. The minimum atomic E-state index is -0.239. The number of fused-ring (bicyclic) bond motifs is 3. The number of rotatable bonds is 8. The van der Waals surface area contributed by atoms with Crippen LogP contribution in [0.5, 0.6) is 0 Å². The highest BCUT2D eigenvalue weighted by Crippen LogP contribution is 2.42. The number of nitrogens with one attached hydrogen (secondary N) is 2. The molecule has 2 N–H and O–H groups in total. The molecule has 0 spiro atoms. The summed E-state index contributed by atoms with van der Waals surface area (Å²) in [4.78, 5) is 13.2. The number of allylic oxidation sites excluding steroid dienone is 1. The zero-order chi connectivity index (χ0) is 22.9. The molecule has 1 fully saturated rings. The van der Waals surface area contributed by atoms with Gasteiger partial charge in [-0.25, -0.2) is 4.98 Å². The lowest BCUT2D eigenvalue weighted by Crippen LogP contribution is -2.54. The van der Waals surface area contributed by atoms with Gasteiger partial charge in [-0.1, -0.05) is 37.8 Å². The molecule has 0 unspecified atom stereocenters. The lowest BCUT2D eigenvalue weighted by Gasteiger charge is -2.43. The lowest BCUT2D eigenvalue weighted by molar-refractivity contribution is 0.155. The third kappa shape index (κ3) is 4.12. The van der Waals surface area contributed by atoms with Crippen LogP contribution >= 0.6 is 0 Å². The topological polar surface area (TPSA) is 47.2 Å². The molecule has 0 radical (unpaired) electrons. The highest BCUT2D eigenvalue weighted by Gasteiger charge is 2.36. The molecule has 3 aromatic rings. The van der Waals surface area contributed by atoms with E-state index in [-0.39, 0.29) is 12.7 Å². The van der Waals surface area contributed by atoms with Crippen LogP contribution in [0, 0.1) is 0 Å². The fourth-order valence-electron chi connectivity index (χ4n) is 5.45. The van der Waals surface area contributed by atoms with Crippen LogP contribution in [0.3, 0.4) is 0 Å². The fourth-order valence-corrected chi connectivity index (χ4v) is 5.45. The minimum absolute atomic E-state index is 0.0741. The molecule has 6 heteroatoms. The largest absolute Gasteiger partial charge is 0.365 e. The Kier molecular flexibility index (Phi) is 6.11. The molecular weight excluding hydrogens is 413 g/mol. The van der Waals surface area contributed by atoms with Crippen LogP contribution in [-0.4, -0.2) is 58.2 Å². The number of hydrogen-bond donors (Lipinski definition) is 2. The van der Waals surface area contributed by atoms with E-state index in [2.05, 4.69) is 76.9 Å². The first-order chi connectivity index (χ1) is 16.1. The van der Waals surface area contributed by atoms with Crippen LogP contribution < -0.4 is 5.32 Å². The number of halogens is 1. The van der Waals surface area contributed by atoms with Gasteiger partial charge in [0.15, 0.2) is 0 Å². The first-order valence-corrected chi connectivity index (χ1v) is 12.2. The third-order valence-electron chi connectivity index (χ3n) is 7.17. The van der Waals surface area contributed by atoms with Gasteiger partial charge >= 0.3 is 0 Å². The van der Waals surface area contributed by atoms with Crippen LogP contribution in [-0.2, 0) is 6.42 Å². The number of alkyl halides is 1. The number of pyridine rings is 1. The standard InChI is InChI=1S/C27H34FN5/c1-4-18(2)33-19(3)14-23-22-8-5-6-9-24(22)31-26(23)27(33)20-10-11-25(29-15-20)30-21-16-32(17-21)13-7-12-28/h5-6,8-11,15,19,21,27,31H,2,4,7,12-14,16-17H2,1,3H3,(H,29,30)/t19-,27-/m1/s1. The fraction of sp³-hybridized carbons (Fsp3) is 0.444. The Bertz CT molecular complexity index is 1120. The molecule has 0 amide bonds. The zero-order valence-corrected chi connectivity index (χ0v) is 19.6. The Hall–Kier alpha value is -2.86. The summed E-state index contributed by atoms with van der Waals surface area (Å²) in [5, 5.41) is 4.84. The van der Waals surface area contributed by atoms with Crippen molar-refractivity contribution in [3.8, 4) is 0 Å². The van der Waals surface area contributed by atoms with Crippen LogP contribution in [0.25, 0.3) is 10.9 Å². The van der Waals surface area contributed by atoms with Crippen LogP contribution in [0.1, 0.15) is 49.6 Å². The molecule has 5 nitrogen and oxygen atoms in total. The molecular formula is C27H34FN5. The van der Waals surface area contributed by atoms with Crippen molar-refractivity contribution in [2.75, 3.05) is 31.6 Å². The molecule has 4 heterocycles. The van der Waals surface area contributed by atoms with Gasteiger partial charge in [0.1, 0.15) is 5.82 Å². The second-order valence-corrected chi connectivity index (χ2v) is 9.47. The van der Waals surface area contributed by atoms with Gasteiger partial charge in [-0.05, 0) is 49.4 Å². The van der Waals surface area contributed by atoms with E-state index in [1.165, 1.54) is 27.7 Å². The number of anilines is 1. The lowest BCUT2D eigenvalue weighted by atomic mass is 9.88. The Morgan fingerprint density at radius 2 is 2.06 bits per heavy atom. The molecule has 2 atom stereocenters. The quantitative estimate of drug-likeness (QED) is 0.493.